The van der Waals surface area contributed by atoms with Gasteiger partial charge in [-0.2, -0.15) is 5.10 Å². The number of nitrogens with one attached hydrogen (secondary N) is 2. The number of carboxylic acids is 1. The molecule has 0 aliphatic carbocycles. The lowest BCUT2D eigenvalue weighted by Crippen LogP contribution is -2.34. The van der Waals surface area contributed by atoms with Crippen LogP contribution in [0.15, 0.2) is 59.7 Å². The molecule has 0 aliphatic rings. The molecule has 0 spiro atoms. The van der Waals surface area contributed by atoms with E-state index in [0.29, 0.717) is 11.1 Å². The van der Waals surface area contributed by atoms with Crippen LogP contribution in [0.2, 0.25) is 0 Å². The fourth-order valence-electron chi connectivity index (χ4n) is 1.78. The van der Waals surface area contributed by atoms with Crippen LogP contribution in [-0.4, -0.2) is 35.6 Å². The molecular weight excluding hydrogens is 310 g/mol. The zero-order valence-corrected chi connectivity index (χ0v) is 12.6. The summed E-state index contributed by atoms with van der Waals surface area (Å²) in [5.41, 5.74) is 3.54. The molecule has 0 saturated carbocycles. The molecule has 3 N–H and O–H groups in total. The standard InChI is InChI=1S/C17H15N3O4/c21-15(11-18-16(22)13-4-2-1-3-5-13)20-19-10-12-6-8-14(9-7-12)17(23)24/h1-10H,11H2,(H,18,22)(H,20,21)(H,23,24)/b19-10+. The first-order valence-corrected chi connectivity index (χ1v) is 7.05. The summed E-state index contributed by atoms with van der Waals surface area (Å²) in [6, 6.07) is 14.5. The minimum Gasteiger partial charge on any atom is -0.478 e. The molecule has 2 aromatic rings. The number of carbonyl (C=O) groups excluding carboxylic acids is 2. The average molecular weight is 325 g/mol. The molecule has 0 aliphatic heterocycles. The van der Waals surface area contributed by atoms with Crippen molar-refractivity contribution in [1.29, 1.82) is 0 Å². The van der Waals surface area contributed by atoms with Crippen LogP contribution in [-0.2, 0) is 4.79 Å². The summed E-state index contributed by atoms with van der Waals surface area (Å²) in [4.78, 5) is 34.1. The third-order valence-electron chi connectivity index (χ3n) is 3.01. The summed E-state index contributed by atoms with van der Waals surface area (Å²) < 4.78 is 0. The summed E-state index contributed by atoms with van der Waals surface area (Å²) in [6.07, 6.45) is 1.38. The fourth-order valence-corrected chi connectivity index (χ4v) is 1.78. The fraction of sp³-hybridized carbons (Fsp3) is 0.0588. The average Bonchev–Trinajstić information content (AvgIpc) is 2.61. The number of nitrogens with zero attached hydrogens (tertiary/aromatic N) is 1. The Morgan fingerprint density at radius 2 is 1.62 bits per heavy atom. The van der Waals surface area contributed by atoms with Crippen LogP contribution in [0.25, 0.3) is 0 Å². The highest BCUT2D eigenvalue weighted by molar-refractivity contribution is 5.96. The van der Waals surface area contributed by atoms with E-state index in [4.69, 9.17) is 5.11 Å². The van der Waals surface area contributed by atoms with E-state index >= 15 is 0 Å². The van der Waals surface area contributed by atoms with Gasteiger partial charge < -0.3 is 10.4 Å². The normalized spacial score (nSPS) is 10.3. The topological polar surface area (TPSA) is 108 Å². The van der Waals surface area contributed by atoms with Gasteiger partial charge in [-0.15, -0.1) is 0 Å². The summed E-state index contributed by atoms with van der Waals surface area (Å²) in [5.74, 6) is -1.84. The predicted octanol–water partition coefficient (Wildman–Crippen LogP) is 1.26. The van der Waals surface area contributed by atoms with Gasteiger partial charge in [0.15, 0.2) is 0 Å². The van der Waals surface area contributed by atoms with Crippen molar-refractivity contribution < 1.29 is 19.5 Å². The Morgan fingerprint density at radius 1 is 0.958 bits per heavy atom. The molecule has 0 radical (unpaired) electrons. The number of hydrogen-bond acceptors (Lipinski definition) is 4. The van der Waals surface area contributed by atoms with E-state index in [1.807, 2.05) is 0 Å². The van der Waals surface area contributed by atoms with Crippen molar-refractivity contribution in [2.45, 2.75) is 0 Å². The van der Waals surface area contributed by atoms with Crippen molar-refractivity contribution in [1.82, 2.24) is 10.7 Å². The highest BCUT2D eigenvalue weighted by Gasteiger charge is 2.06. The number of carboxylic acid groups (broad SMARTS) is 1. The molecule has 0 fully saturated rings. The van der Waals surface area contributed by atoms with E-state index in [1.54, 1.807) is 42.5 Å². The zero-order chi connectivity index (χ0) is 17.4. The first-order chi connectivity index (χ1) is 11.6. The summed E-state index contributed by atoms with van der Waals surface area (Å²) in [7, 11) is 0. The van der Waals surface area contributed by atoms with Crippen molar-refractivity contribution in [2.75, 3.05) is 6.54 Å². The van der Waals surface area contributed by atoms with Gasteiger partial charge in [-0.3, -0.25) is 9.59 Å². The Bertz CT molecular complexity index is 755. The molecule has 0 aromatic heterocycles. The molecule has 0 saturated heterocycles. The second-order valence-electron chi connectivity index (χ2n) is 4.77. The molecule has 0 atom stereocenters. The molecule has 2 amide bonds. The Morgan fingerprint density at radius 3 is 2.25 bits per heavy atom. The molecule has 2 rings (SSSR count). The van der Waals surface area contributed by atoms with Crippen LogP contribution in [0, 0.1) is 0 Å². The zero-order valence-electron chi connectivity index (χ0n) is 12.6. The highest BCUT2D eigenvalue weighted by Crippen LogP contribution is 2.02. The van der Waals surface area contributed by atoms with Crippen LogP contribution < -0.4 is 10.7 Å². The number of hydrogen-bond donors (Lipinski definition) is 3. The van der Waals surface area contributed by atoms with Gasteiger partial charge in [-0.05, 0) is 29.8 Å². The smallest absolute Gasteiger partial charge is 0.335 e. The van der Waals surface area contributed by atoms with E-state index < -0.39 is 11.9 Å². The number of carbonyl (C=O) groups is 3. The second-order valence-corrected chi connectivity index (χ2v) is 4.77. The lowest BCUT2D eigenvalue weighted by molar-refractivity contribution is -0.120. The Kier molecular flexibility index (Phi) is 5.79. The lowest BCUT2D eigenvalue weighted by atomic mass is 10.1. The molecule has 122 valence electrons. The maximum absolute atomic E-state index is 11.8. The molecule has 7 heteroatoms. The molecule has 0 unspecified atom stereocenters. The van der Waals surface area contributed by atoms with Gasteiger partial charge in [0.05, 0.1) is 18.3 Å². The van der Waals surface area contributed by atoms with Gasteiger partial charge in [-0.25, -0.2) is 10.2 Å². The first-order valence-electron chi connectivity index (χ1n) is 7.05. The monoisotopic (exact) mass is 325 g/mol. The summed E-state index contributed by atoms with van der Waals surface area (Å²) in [5, 5.41) is 15.0. The summed E-state index contributed by atoms with van der Waals surface area (Å²) >= 11 is 0. The van der Waals surface area contributed by atoms with Crippen LogP contribution in [0.1, 0.15) is 26.3 Å². The highest BCUT2D eigenvalue weighted by atomic mass is 16.4. The molecule has 24 heavy (non-hydrogen) atoms. The van der Waals surface area contributed by atoms with Crippen molar-refractivity contribution >= 4 is 24.0 Å². The third-order valence-corrected chi connectivity index (χ3v) is 3.01. The van der Waals surface area contributed by atoms with Crippen LogP contribution in [0.4, 0.5) is 0 Å². The Balaban J connectivity index is 1.78. The SMILES string of the molecule is O=C(CNC(=O)c1ccccc1)N/N=C/c1ccc(C(=O)O)cc1. The number of aromatic carboxylic acids is 1. The van der Waals surface area contributed by atoms with Gasteiger partial charge in [0, 0.05) is 5.56 Å². The van der Waals surface area contributed by atoms with Crippen molar-refractivity contribution in [3.8, 4) is 0 Å². The van der Waals surface area contributed by atoms with Crippen molar-refractivity contribution in [2.24, 2.45) is 5.10 Å². The Labute approximate surface area is 138 Å². The van der Waals surface area contributed by atoms with Gasteiger partial charge in [0.25, 0.3) is 11.8 Å². The maximum Gasteiger partial charge on any atom is 0.335 e. The van der Waals surface area contributed by atoms with E-state index in [1.165, 1.54) is 18.3 Å². The quantitative estimate of drug-likeness (QED) is 0.549. The molecule has 2 aromatic carbocycles. The second kappa shape index (κ2) is 8.23. The van der Waals surface area contributed by atoms with Crippen LogP contribution >= 0.6 is 0 Å². The van der Waals surface area contributed by atoms with E-state index in [-0.39, 0.29) is 18.0 Å². The lowest BCUT2D eigenvalue weighted by Gasteiger charge is -2.03. The Hall–Kier alpha value is -3.48. The summed E-state index contributed by atoms with van der Waals surface area (Å²) in [6.45, 7) is -0.205. The van der Waals surface area contributed by atoms with E-state index in [0.717, 1.165) is 0 Å². The number of benzene rings is 2. The van der Waals surface area contributed by atoms with E-state index in [2.05, 4.69) is 15.8 Å². The van der Waals surface area contributed by atoms with E-state index in [9.17, 15) is 14.4 Å². The van der Waals surface area contributed by atoms with Crippen LogP contribution in [0.3, 0.4) is 0 Å². The van der Waals surface area contributed by atoms with Gasteiger partial charge in [0.2, 0.25) is 0 Å². The van der Waals surface area contributed by atoms with Gasteiger partial charge in [0.1, 0.15) is 0 Å². The first kappa shape index (κ1) is 16.9. The van der Waals surface area contributed by atoms with Crippen molar-refractivity contribution in [3.63, 3.8) is 0 Å². The predicted molar refractivity (Wildman–Crippen MR) is 87.9 cm³/mol. The number of rotatable bonds is 6. The minimum atomic E-state index is -1.01. The van der Waals surface area contributed by atoms with Crippen LogP contribution in [0.5, 0.6) is 0 Å². The van der Waals surface area contributed by atoms with Crippen molar-refractivity contribution in [3.05, 3.63) is 71.3 Å². The van der Waals surface area contributed by atoms with Gasteiger partial charge in [-0.1, -0.05) is 30.3 Å². The minimum absolute atomic E-state index is 0.166. The largest absolute Gasteiger partial charge is 0.478 e. The molecule has 7 nitrogen and oxygen atoms in total. The maximum atomic E-state index is 11.8. The van der Waals surface area contributed by atoms with Gasteiger partial charge >= 0.3 is 5.97 Å². The molecule has 0 bridgehead atoms. The number of hydrazone groups is 1. The number of amides is 2. The molecular formula is C17H15N3O4. The third kappa shape index (κ3) is 5.06. The molecule has 0 heterocycles.